The Morgan fingerprint density at radius 1 is 0.917 bits per heavy atom. The van der Waals surface area contributed by atoms with Crippen LogP contribution in [0, 0.1) is 27.7 Å². The van der Waals surface area contributed by atoms with Crippen LogP contribution in [0.25, 0.3) is 11.1 Å². The zero-order valence-corrected chi connectivity index (χ0v) is 15.3. The van der Waals surface area contributed by atoms with E-state index in [1.165, 1.54) is 0 Å². The number of rotatable bonds is 5. The van der Waals surface area contributed by atoms with E-state index in [1.807, 2.05) is 27.7 Å². The van der Waals surface area contributed by atoms with Gasteiger partial charge in [0.1, 0.15) is 0 Å². The first-order valence-electron chi connectivity index (χ1n) is 7.76. The molecule has 0 aliphatic heterocycles. The molecule has 6 heteroatoms. The molecule has 0 aliphatic rings. The number of anilines is 2. The highest BCUT2D eigenvalue weighted by Crippen LogP contribution is 2.31. The van der Waals surface area contributed by atoms with E-state index in [9.17, 15) is 8.42 Å². The van der Waals surface area contributed by atoms with Crippen LogP contribution < -0.4 is 11.1 Å². The summed E-state index contributed by atoms with van der Waals surface area (Å²) in [7, 11) is -3.96. The van der Waals surface area contributed by atoms with E-state index in [0.717, 1.165) is 44.8 Å². The van der Waals surface area contributed by atoms with Crippen molar-refractivity contribution >= 4 is 21.5 Å². The number of aryl methyl sites for hydroxylation is 4. The molecule has 5 nitrogen and oxygen atoms in total. The molecule has 2 aromatic carbocycles. The number of nitrogens with one attached hydrogen (secondary N) is 1. The van der Waals surface area contributed by atoms with Crippen molar-refractivity contribution in [3.05, 3.63) is 46.5 Å². The molecule has 0 unspecified atom stereocenters. The summed E-state index contributed by atoms with van der Waals surface area (Å²) in [6, 6.07) is 8.27. The maximum Gasteiger partial charge on any atom is 0.266 e. The lowest BCUT2D eigenvalue weighted by Crippen LogP contribution is -2.15. The predicted octanol–water partition coefficient (Wildman–Crippen LogP) is 3.47. The smallest absolute Gasteiger partial charge is 0.266 e. The Balaban J connectivity index is 2.33. The molecule has 0 amide bonds. The lowest BCUT2D eigenvalue weighted by Gasteiger charge is -2.16. The minimum absolute atomic E-state index is 0.167. The summed E-state index contributed by atoms with van der Waals surface area (Å²) in [6.07, 6.45) is 0. The zero-order chi connectivity index (χ0) is 18.1. The van der Waals surface area contributed by atoms with Gasteiger partial charge < -0.3 is 11.1 Å². The molecule has 0 saturated heterocycles. The topological polar surface area (TPSA) is 92.4 Å². The molecule has 4 N–H and O–H groups in total. The Morgan fingerprint density at radius 2 is 1.33 bits per heavy atom. The van der Waals surface area contributed by atoms with Crippen molar-refractivity contribution < 1.29 is 13.0 Å². The van der Waals surface area contributed by atoms with E-state index < -0.39 is 10.1 Å². The molecule has 2 rings (SSSR count). The maximum atomic E-state index is 10.8. The third-order valence-corrected chi connectivity index (χ3v) is 4.84. The Morgan fingerprint density at radius 3 is 1.75 bits per heavy atom. The molecule has 2 aromatic rings. The van der Waals surface area contributed by atoms with Crippen LogP contribution in [0.15, 0.2) is 24.3 Å². The van der Waals surface area contributed by atoms with Crippen molar-refractivity contribution in [3.8, 4) is 11.1 Å². The van der Waals surface area contributed by atoms with Crippen molar-refractivity contribution in [1.82, 2.24) is 0 Å². The first kappa shape index (κ1) is 18.3. The van der Waals surface area contributed by atoms with E-state index in [2.05, 4.69) is 29.6 Å². The molecule has 0 atom stereocenters. The Kier molecular flexibility index (Phi) is 5.20. The fraction of sp³-hybridized carbons (Fsp3) is 0.333. The van der Waals surface area contributed by atoms with Gasteiger partial charge in [0, 0.05) is 17.9 Å². The molecule has 0 aromatic heterocycles. The normalized spacial score (nSPS) is 11.5. The van der Waals surface area contributed by atoms with E-state index in [4.69, 9.17) is 10.3 Å². The van der Waals surface area contributed by atoms with Gasteiger partial charge in [0.25, 0.3) is 10.1 Å². The molecule has 0 heterocycles. The van der Waals surface area contributed by atoms with Gasteiger partial charge in [0.05, 0.1) is 5.75 Å². The number of hydrogen-bond acceptors (Lipinski definition) is 4. The molecular weight excluding hydrogens is 324 g/mol. The predicted molar refractivity (Wildman–Crippen MR) is 100 cm³/mol. The van der Waals surface area contributed by atoms with Gasteiger partial charge in [-0.25, -0.2) is 0 Å². The third kappa shape index (κ3) is 4.27. The summed E-state index contributed by atoms with van der Waals surface area (Å²) < 4.78 is 30.5. The molecule has 24 heavy (non-hydrogen) atoms. The van der Waals surface area contributed by atoms with E-state index in [0.29, 0.717) is 0 Å². The molecule has 0 bridgehead atoms. The fourth-order valence-corrected chi connectivity index (χ4v) is 3.22. The second-order valence-electron chi connectivity index (χ2n) is 6.22. The monoisotopic (exact) mass is 348 g/mol. The van der Waals surface area contributed by atoms with Crippen molar-refractivity contribution in [2.45, 2.75) is 27.7 Å². The average molecular weight is 348 g/mol. The van der Waals surface area contributed by atoms with E-state index >= 15 is 0 Å². The SMILES string of the molecule is Cc1cc(-c2cc(C)c(NCCS(=O)(=O)O)c(C)c2)cc(C)c1N. The number of benzene rings is 2. The second kappa shape index (κ2) is 6.83. The standard InChI is InChI=1S/C18H24N2O3S/c1-11-7-15(8-12(2)17(11)19)16-9-13(3)18(14(4)10-16)20-5-6-24(21,22)23/h7-10,20H,5-6,19H2,1-4H3,(H,21,22,23). The zero-order valence-electron chi connectivity index (χ0n) is 14.5. The number of nitrogens with two attached hydrogens (primary N) is 1. The molecule has 130 valence electrons. The maximum absolute atomic E-state index is 10.8. The van der Waals surface area contributed by atoms with E-state index in [-0.39, 0.29) is 12.3 Å². The molecule has 0 fully saturated rings. The third-order valence-electron chi connectivity index (χ3n) is 4.12. The summed E-state index contributed by atoms with van der Waals surface area (Å²) in [6.45, 7) is 8.11. The Hall–Kier alpha value is -2.05. The minimum atomic E-state index is -3.96. The van der Waals surface area contributed by atoms with Crippen molar-refractivity contribution in [1.29, 1.82) is 0 Å². The summed E-state index contributed by atoms with van der Waals surface area (Å²) in [4.78, 5) is 0. The van der Waals surface area contributed by atoms with Gasteiger partial charge in [0.2, 0.25) is 0 Å². The lowest BCUT2D eigenvalue weighted by molar-refractivity contribution is 0.484. The summed E-state index contributed by atoms with van der Waals surface area (Å²) >= 11 is 0. The molecule has 0 spiro atoms. The van der Waals surface area contributed by atoms with Crippen LogP contribution in [0.3, 0.4) is 0 Å². The van der Waals surface area contributed by atoms with Gasteiger partial charge in [-0.05, 0) is 85.3 Å². The van der Waals surface area contributed by atoms with Crippen LogP contribution in [0.1, 0.15) is 22.3 Å². The summed E-state index contributed by atoms with van der Waals surface area (Å²) in [5.74, 6) is -0.315. The van der Waals surface area contributed by atoms with Gasteiger partial charge in [-0.2, -0.15) is 8.42 Å². The van der Waals surface area contributed by atoms with Crippen molar-refractivity contribution in [2.75, 3.05) is 23.3 Å². The number of hydrogen-bond donors (Lipinski definition) is 3. The van der Waals surface area contributed by atoms with Crippen LogP contribution in [0.5, 0.6) is 0 Å². The minimum Gasteiger partial charge on any atom is -0.398 e. The lowest BCUT2D eigenvalue weighted by atomic mass is 9.95. The average Bonchev–Trinajstić information content (AvgIpc) is 2.45. The van der Waals surface area contributed by atoms with Crippen LogP contribution in [0.2, 0.25) is 0 Å². The first-order valence-corrected chi connectivity index (χ1v) is 9.37. The van der Waals surface area contributed by atoms with Crippen LogP contribution in [-0.4, -0.2) is 25.3 Å². The highest BCUT2D eigenvalue weighted by atomic mass is 32.2. The second-order valence-corrected chi connectivity index (χ2v) is 7.79. The van der Waals surface area contributed by atoms with E-state index in [1.54, 1.807) is 0 Å². The Labute approximate surface area is 143 Å². The quantitative estimate of drug-likeness (QED) is 0.568. The van der Waals surface area contributed by atoms with Gasteiger partial charge in [0.15, 0.2) is 0 Å². The van der Waals surface area contributed by atoms with Crippen LogP contribution in [0.4, 0.5) is 11.4 Å². The highest BCUT2D eigenvalue weighted by Gasteiger charge is 2.10. The molecular formula is C18H24N2O3S. The first-order chi connectivity index (χ1) is 11.1. The highest BCUT2D eigenvalue weighted by molar-refractivity contribution is 7.85. The van der Waals surface area contributed by atoms with Crippen LogP contribution in [-0.2, 0) is 10.1 Å². The summed E-state index contributed by atoms with van der Waals surface area (Å²) in [5.41, 5.74) is 14.1. The molecule has 0 radical (unpaired) electrons. The number of nitrogen functional groups attached to an aromatic ring is 1. The van der Waals surface area contributed by atoms with Gasteiger partial charge >= 0.3 is 0 Å². The van der Waals surface area contributed by atoms with Crippen molar-refractivity contribution in [3.63, 3.8) is 0 Å². The fourth-order valence-electron chi connectivity index (χ4n) is 2.86. The summed E-state index contributed by atoms with van der Waals surface area (Å²) in [5, 5.41) is 3.09. The largest absolute Gasteiger partial charge is 0.398 e. The molecule has 0 saturated carbocycles. The van der Waals surface area contributed by atoms with Crippen molar-refractivity contribution in [2.24, 2.45) is 0 Å². The van der Waals surface area contributed by atoms with Crippen LogP contribution >= 0.6 is 0 Å². The van der Waals surface area contributed by atoms with Gasteiger partial charge in [-0.15, -0.1) is 0 Å². The van der Waals surface area contributed by atoms with Gasteiger partial charge in [-0.3, -0.25) is 4.55 Å². The molecule has 0 aliphatic carbocycles. The van der Waals surface area contributed by atoms with Gasteiger partial charge in [-0.1, -0.05) is 0 Å². The Bertz CT molecular complexity index is 828.